The fraction of sp³-hybridized carbons (Fsp3) is 0.667. The lowest BCUT2D eigenvalue weighted by atomic mass is 9.80. The first-order chi connectivity index (χ1) is 19.1. The van der Waals surface area contributed by atoms with Crippen LogP contribution in [0.1, 0.15) is 82.0 Å². The lowest BCUT2D eigenvalue weighted by Crippen LogP contribution is -2.62. The first-order valence-corrected chi connectivity index (χ1v) is 14.7. The first kappa shape index (κ1) is 31.4. The van der Waals surface area contributed by atoms with Crippen molar-refractivity contribution in [2.45, 2.75) is 89.3 Å². The average molecular weight is 558 g/mol. The quantitative estimate of drug-likeness (QED) is 0.381. The zero-order valence-corrected chi connectivity index (χ0v) is 24.5. The molecule has 3 rings (SSSR count). The van der Waals surface area contributed by atoms with Crippen LogP contribution < -0.4 is 26.0 Å². The molecule has 1 aromatic rings. The Kier molecular flexibility index (Phi) is 11.8. The SMILES string of the molecule is CC(C)[C@@H]1COc2ccccc2C(=O)N[C@H](C(=O)NCCCCN(C)C)CCC(=O)NC2(CCCCC2)C(=O)N1. The summed E-state index contributed by atoms with van der Waals surface area (Å²) in [5.41, 5.74) is -0.697. The number of benzene rings is 1. The van der Waals surface area contributed by atoms with Gasteiger partial charge in [-0.25, -0.2) is 0 Å². The molecule has 0 radical (unpaired) electrons. The predicted octanol–water partition coefficient (Wildman–Crippen LogP) is 2.38. The van der Waals surface area contributed by atoms with E-state index in [1.165, 1.54) is 0 Å². The van der Waals surface area contributed by atoms with Crippen LogP contribution in [0.2, 0.25) is 0 Å². The van der Waals surface area contributed by atoms with Crippen LogP contribution in [-0.4, -0.2) is 79.9 Å². The Balaban J connectivity index is 1.85. The van der Waals surface area contributed by atoms with Crippen LogP contribution in [0.4, 0.5) is 0 Å². The highest BCUT2D eigenvalue weighted by Crippen LogP contribution is 2.29. The first-order valence-electron chi connectivity index (χ1n) is 14.7. The van der Waals surface area contributed by atoms with Gasteiger partial charge in [-0.3, -0.25) is 19.2 Å². The van der Waals surface area contributed by atoms with Crippen LogP contribution >= 0.6 is 0 Å². The smallest absolute Gasteiger partial charge is 0.255 e. The summed E-state index contributed by atoms with van der Waals surface area (Å²) in [4.78, 5) is 55.5. The Morgan fingerprint density at radius 3 is 2.50 bits per heavy atom. The Labute approximate surface area is 238 Å². The van der Waals surface area contributed by atoms with Crippen molar-refractivity contribution in [2.75, 3.05) is 33.8 Å². The van der Waals surface area contributed by atoms with Gasteiger partial charge in [0.15, 0.2) is 0 Å². The standard InChI is InChI=1S/C30H47N5O5/c1-21(2)24-20-40-25-13-7-6-12-22(25)27(37)32-23(28(38)31-18-10-11-19-35(3)4)14-15-26(36)34-30(29(39)33-24)16-8-5-9-17-30/h6-7,12-13,21,23-24H,5,8-11,14-20H2,1-4H3,(H,31,38)(H,32,37)(H,33,39)(H,34,36)/t23-,24-/m0/s1. The lowest BCUT2D eigenvalue weighted by molar-refractivity contribution is -0.136. The molecule has 4 amide bonds. The molecule has 1 saturated carbocycles. The average Bonchev–Trinajstić information content (AvgIpc) is 2.92. The van der Waals surface area contributed by atoms with E-state index in [1.54, 1.807) is 24.3 Å². The van der Waals surface area contributed by atoms with E-state index in [4.69, 9.17) is 4.74 Å². The minimum atomic E-state index is -0.992. The highest BCUT2D eigenvalue weighted by molar-refractivity contribution is 6.00. The van der Waals surface area contributed by atoms with E-state index >= 15 is 0 Å². The van der Waals surface area contributed by atoms with Crippen molar-refractivity contribution in [2.24, 2.45) is 5.92 Å². The predicted molar refractivity (Wildman–Crippen MR) is 154 cm³/mol. The number of hydrogen-bond acceptors (Lipinski definition) is 6. The van der Waals surface area contributed by atoms with Gasteiger partial charge in [-0.1, -0.05) is 45.2 Å². The molecule has 0 saturated heterocycles. The fourth-order valence-electron chi connectivity index (χ4n) is 5.23. The number of amides is 4. The summed E-state index contributed by atoms with van der Waals surface area (Å²) in [5, 5.41) is 11.9. The topological polar surface area (TPSA) is 129 Å². The summed E-state index contributed by atoms with van der Waals surface area (Å²) in [6, 6.07) is 5.63. The monoisotopic (exact) mass is 557 g/mol. The van der Waals surface area contributed by atoms with Crippen molar-refractivity contribution in [1.82, 2.24) is 26.2 Å². The van der Waals surface area contributed by atoms with Gasteiger partial charge in [0.05, 0.1) is 11.6 Å². The number of carbonyl (C=O) groups excluding carboxylic acids is 4. The molecule has 2 atom stereocenters. The summed E-state index contributed by atoms with van der Waals surface area (Å²) >= 11 is 0. The third kappa shape index (κ3) is 8.94. The van der Waals surface area contributed by atoms with Crippen molar-refractivity contribution in [1.29, 1.82) is 0 Å². The molecular formula is C30H47N5O5. The number of unbranched alkanes of at least 4 members (excludes halogenated alkanes) is 1. The number of hydrogen-bond donors (Lipinski definition) is 4. The van der Waals surface area contributed by atoms with Gasteiger partial charge in [0.25, 0.3) is 5.91 Å². The van der Waals surface area contributed by atoms with Gasteiger partial charge in [0.2, 0.25) is 17.7 Å². The van der Waals surface area contributed by atoms with Gasteiger partial charge >= 0.3 is 0 Å². The largest absolute Gasteiger partial charge is 0.491 e. The van der Waals surface area contributed by atoms with Gasteiger partial charge in [-0.2, -0.15) is 0 Å². The van der Waals surface area contributed by atoms with E-state index in [0.29, 0.717) is 30.7 Å². The van der Waals surface area contributed by atoms with Crippen LogP contribution in [0.15, 0.2) is 24.3 Å². The third-order valence-electron chi connectivity index (χ3n) is 7.80. The molecule has 1 spiro atoms. The van der Waals surface area contributed by atoms with Crippen LogP contribution in [0.3, 0.4) is 0 Å². The molecule has 1 aromatic carbocycles. The number of fused-ring (bicyclic) bond motifs is 1. The number of carbonyl (C=O) groups is 4. The zero-order chi connectivity index (χ0) is 29.1. The molecule has 1 aliphatic carbocycles. The fourth-order valence-corrected chi connectivity index (χ4v) is 5.23. The molecule has 4 N–H and O–H groups in total. The van der Waals surface area contributed by atoms with E-state index < -0.39 is 17.5 Å². The van der Waals surface area contributed by atoms with Gasteiger partial charge in [-0.15, -0.1) is 0 Å². The van der Waals surface area contributed by atoms with Crippen molar-refractivity contribution >= 4 is 23.6 Å². The number of rotatable bonds is 7. The molecule has 222 valence electrons. The second kappa shape index (κ2) is 15.0. The van der Waals surface area contributed by atoms with Crippen molar-refractivity contribution in [3.05, 3.63) is 29.8 Å². The Hall–Kier alpha value is -3.14. The molecule has 1 fully saturated rings. The maximum atomic E-state index is 13.7. The number of para-hydroxylation sites is 1. The van der Waals surface area contributed by atoms with Gasteiger partial charge < -0.3 is 30.9 Å². The molecule has 0 unspecified atom stereocenters. The summed E-state index contributed by atoms with van der Waals surface area (Å²) in [6.45, 7) is 5.55. The van der Waals surface area contributed by atoms with Crippen LogP contribution in [0, 0.1) is 5.92 Å². The van der Waals surface area contributed by atoms with Gasteiger partial charge in [0, 0.05) is 13.0 Å². The Morgan fingerprint density at radius 2 is 1.80 bits per heavy atom. The molecule has 40 heavy (non-hydrogen) atoms. The summed E-state index contributed by atoms with van der Waals surface area (Å²) < 4.78 is 6.09. The highest BCUT2D eigenvalue weighted by Gasteiger charge is 2.42. The molecule has 0 bridgehead atoms. The van der Waals surface area contributed by atoms with Crippen LogP contribution in [-0.2, 0) is 14.4 Å². The molecule has 1 aliphatic heterocycles. The zero-order valence-electron chi connectivity index (χ0n) is 24.5. The second-order valence-corrected chi connectivity index (χ2v) is 11.7. The normalized spacial score (nSPS) is 22.3. The Bertz CT molecular complexity index is 1020. The number of ether oxygens (including phenoxy) is 1. The van der Waals surface area contributed by atoms with E-state index in [-0.39, 0.29) is 49.1 Å². The number of nitrogens with zero attached hydrogens (tertiary/aromatic N) is 1. The molecule has 1 heterocycles. The van der Waals surface area contributed by atoms with Crippen molar-refractivity contribution in [3.63, 3.8) is 0 Å². The minimum Gasteiger partial charge on any atom is -0.491 e. The molecule has 10 nitrogen and oxygen atoms in total. The molecule has 0 aromatic heterocycles. The van der Waals surface area contributed by atoms with Crippen LogP contribution in [0.5, 0.6) is 5.75 Å². The Morgan fingerprint density at radius 1 is 1.07 bits per heavy atom. The van der Waals surface area contributed by atoms with E-state index in [2.05, 4.69) is 26.2 Å². The summed E-state index contributed by atoms with van der Waals surface area (Å²) in [6.07, 6.45) is 5.67. The second-order valence-electron chi connectivity index (χ2n) is 11.7. The summed E-state index contributed by atoms with van der Waals surface area (Å²) in [7, 11) is 4.00. The van der Waals surface area contributed by atoms with Crippen molar-refractivity contribution in [3.8, 4) is 5.75 Å². The van der Waals surface area contributed by atoms with Gasteiger partial charge in [-0.05, 0) is 70.8 Å². The van der Waals surface area contributed by atoms with E-state index in [9.17, 15) is 19.2 Å². The van der Waals surface area contributed by atoms with E-state index in [0.717, 1.165) is 38.6 Å². The van der Waals surface area contributed by atoms with Crippen LogP contribution in [0.25, 0.3) is 0 Å². The van der Waals surface area contributed by atoms with E-state index in [1.807, 2.05) is 27.9 Å². The molecule has 10 heteroatoms. The lowest BCUT2D eigenvalue weighted by Gasteiger charge is -2.38. The maximum Gasteiger partial charge on any atom is 0.255 e. The number of nitrogens with one attached hydrogen (secondary N) is 4. The molecule has 2 aliphatic rings. The minimum absolute atomic E-state index is 0.000216. The maximum absolute atomic E-state index is 13.7. The molecular weight excluding hydrogens is 510 g/mol. The third-order valence-corrected chi connectivity index (χ3v) is 7.80. The van der Waals surface area contributed by atoms with Crippen molar-refractivity contribution < 1.29 is 23.9 Å². The summed E-state index contributed by atoms with van der Waals surface area (Å²) in [5.74, 6) is -0.858. The highest BCUT2D eigenvalue weighted by atomic mass is 16.5. The van der Waals surface area contributed by atoms with Gasteiger partial charge in [0.1, 0.15) is 23.9 Å².